The fourth-order valence-electron chi connectivity index (χ4n) is 1.85. The van der Waals surface area contributed by atoms with Crippen LogP contribution in [0.3, 0.4) is 0 Å². The Morgan fingerprint density at radius 3 is 2.40 bits per heavy atom. The van der Waals surface area contributed by atoms with Crippen molar-refractivity contribution in [1.29, 1.82) is 0 Å². The second-order valence-corrected chi connectivity index (χ2v) is 6.19. The van der Waals surface area contributed by atoms with Gasteiger partial charge in [0.05, 0.1) is 7.11 Å². The van der Waals surface area contributed by atoms with E-state index in [2.05, 4.69) is 0 Å². The Balaban J connectivity index is 3.09. The van der Waals surface area contributed by atoms with Crippen LogP contribution in [-0.2, 0) is 14.6 Å². The third-order valence-electron chi connectivity index (χ3n) is 2.95. The Hall–Kier alpha value is -1.76. The van der Waals surface area contributed by atoms with E-state index in [4.69, 9.17) is 10.5 Å². The van der Waals surface area contributed by atoms with Gasteiger partial charge in [-0.05, 0) is 26.0 Å². The first-order valence-electron chi connectivity index (χ1n) is 6.29. The van der Waals surface area contributed by atoms with Crippen LogP contribution in [0.2, 0.25) is 0 Å². The maximum absolute atomic E-state index is 12.3. The molecule has 0 bridgehead atoms. The van der Waals surface area contributed by atoms with Gasteiger partial charge in [-0.2, -0.15) is 0 Å². The summed E-state index contributed by atoms with van der Waals surface area (Å²) in [6, 6.07) is 4.26. The standard InChI is InChI=1S/C13H20N2O4S/c1-4-15(5-2)13(16)9-20(17,18)12-7-6-10(14)8-11(12)19-3/h6-8H,4-5,9,14H2,1-3H3. The van der Waals surface area contributed by atoms with E-state index in [-0.39, 0.29) is 10.6 Å². The molecule has 0 aliphatic rings. The molecule has 6 nitrogen and oxygen atoms in total. The molecule has 0 spiro atoms. The molecule has 2 N–H and O–H groups in total. The van der Waals surface area contributed by atoms with Crippen LogP contribution in [0.1, 0.15) is 13.8 Å². The predicted octanol–water partition coefficient (Wildman–Crippen LogP) is 0.920. The molecule has 0 aliphatic heterocycles. The van der Waals surface area contributed by atoms with Crippen LogP contribution < -0.4 is 10.5 Å². The fraction of sp³-hybridized carbons (Fsp3) is 0.462. The van der Waals surface area contributed by atoms with Crippen molar-refractivity contribution >= 4 is 21.4 Å². The minimum Gasteiger partial charge on any atom is -0.495 e. The first-order valence-corrected chi connectivity index (χ1v) is 7.95. The van der Waals surface area contributed by atoms with Crippen molar-refractivity contribution in [2.45, 2.75) is 18.7 Å². The number of rotatable bonds is 6. The summed E-state index contributed by atoms with van der Waals surface area (Å²) >= 11 is 0. The smallest absolute Gasteiger partial charge is 0.238 e. The number of carbonyl (C=O) groups is 1. The van der Waals surface area contributed by atoms with Crippen LogP contribution in [0.15, 0.2) is 23.1 Å². The largest absolute Gasteiger partial charge is 0.495 e. The average Bonchev–Trinajstić information content (AvgIpc) is 2.38. The molecule has 0 unspecified atom stereocenters. The Morgan fingerprint density at radius 2 is 1.90 bits per heavy atom. The number of carbonyl (C=O) groups excluding carboxylic acids is 1. The van der Waals surface area contributed by atoms with Gasteiger partial charge >= 0.3 is 0 Å². The normalized spacial score (nSPS) is 11.2. The van der Waals surface area contributed by atoms with Crippen molar-refractivity contribution in [3.8, 4) is 5.75 Å². The van der Waals surface area contributed by atoms with E-state index in [1.165, 1.54) is 30.2 Å². The van der Waals surface area contributed by atoms with Crippen LogP contribution in [0.5, 0.6) is 5.75 Å². The number of sulfone groups is 1. The molecule has 7 heteroatoms. The highest BCUT2D eigenvalue weighted by molar-refractivity contribution is 7.92. The molecule has 0 aromatic heterocycles. The molecule has 112 valence electrons. The molecule has 0 atom stereocenters. The monoisotopic (exact) mass is 300 g/mol. The Bertz CT molecular complexity index is 580. The highest BCUT2D eigenvalue weighted by Crippen LogP contribution is 2.27. The van der Waals surface area contributed by atoms with Gasteiger partial charge in [-0.25, -0.2) is 8.42 Å². The van der Waals surface area contributed by atoms with E-state index in [9.17, 15) is 13.2 Å². The first kappa shape index (κ1) is 16.3. The quantitative estimate of drug-likeness (QED) is 0.789. The number of hydrogen-bond acceptors (Lipinski definition) is 5. The molecule has 0 aliphatic carbocycles. The van der Waals surface area contributed by atoms with Crippen molar-refractivity contribution in [2.75, 3.05) is 31.7 Å². The highest BCUT2D eigenvalue weighted by Gasteiger charge is 2.25. The number of hydrogen-bond donors (Lipinski definition) is 1. The van der Waals surface area contributed by atoms with Gasteiger partial charge in [-0.3, -0.25) is 4.79 Å². The number of ether oxygens (including phenoxy) is 1. The van der Waals surface area contributed by atoms with Crippen molar-refractivity contribution in [3.05, 3.63) is 18.2 Å². The van der Waals surface area contributed by atoms with Crippen molar-refractivity contribution in [2.24, 2.45) is 0 Å². The molecule has 20 heavy (non-hydrogen) atoms. The second kappa shape index (κ2) is 6.60. The molecule has 0 saturated heterocycles. The molecule has 0 radical (unpaired) electrons. The lowest BCUT2D eigenvalue weighted by molar-refractivity contribution is -0.128. The van der Waals surface area contributed by atoms with Crippen LogP contribution >= 0.6 is 0 Å². The third kappa shape index (κ3) is 3.63. The Kier molecular flexibility index (Phi) is 5.38. The lowest BCUT2D eigenvalue weighted by atomic mass is 10.3. The van der Waals surface area contributed by atoms with Gasteiger partial charge in [0.15, 0.2) is 9.84 Å². The minimum absolute atomic E-state index is 0.0188. The zero-order valence-corrected chi connectivity index (χ0v) is 12.7. The average molecular weight is 300 g/mol. The summed E-state index contributed by atoms with van der Waals surface area (Å²) in [4.78, 5) is 13.4. The van der Waals surface area contributed by atoms with Gasteiger partial charge < -0.3 is 15.4 Å². The van der Waals surface area contributed by atoms with Crippen LogP contribution in [0.25, 0.3) is 0 Å². The molecule has 1 rings (SSSR count). The van der Waals surface area contributed by atoms with E-state index >= 15 is 0 Å². The molecular formula is C13H20N2O4S. The first-order chi connectivity index (χ1) is 9.35. The molecule has 1 aromatic rings. The number of nitrogens with two attached hydrogens (primary N) is 1. The number of anilines is 1. The summed E-state index contributed by atoms with van der Waals surface area (Å²) in [5, 5.41) is 0. The zero-order chi connectivity index (χ0) is 15.3. The van der Waals surface area contributed by atoms with E-state index in [1.807, 2.05) is 0 Å². The van der Waals surface area contributed by atoms with Crippen molar-refractivity contribution in [1.82, 2.24) is 4.90 Å². The zero-order valence-electron chi connectivity index (χ0n) is 11.9. The second-order valence-electron chi connectivity index (χ2n) is 4.24. The molecule has 0 fully saturated rings. The van der Waals surface area contributed by atoms with Gasteiger partial charge in [0.2, 0.25) is 5.91 Å². The van der Waals surface area contributed by atoms with Crippen LogP contribution in [-0.4, -0.2) is 45.2 Å². The maximum Gasteiger partial charge on any atom is 0.238 e. The number of nitrogens with zero attached hydrogens (tertiary/aromatic N) is 1. The van der Waals surface area contributed by atoms with Crippen molar-refractivity contribution in [3.63, 3.8) is 0 Å². The van der Waals surface area contributed by atoms with Gasteiger partial charge in [-0.15, -0.1) is 0 Å². The molecule has 0 saturated carbocycles. The van der Waals surface area contributed by atoms with Gasteiger partial charge in [-0.1, -0.05) is 0 Å². The third-order valence-corrected chi connectivity index (χ3v) is 4.59. The Labute approximate surface area is 119 Å². The Morgan fingerprint density at radius 1 is 1.30 bits per heavy atom. The highest BCUT2D eigenvalue weighted by atomic mass is 32.2. The van der Waals surface area contributed by atoms with Gasteiger partial charge in [0, 0.05) is 24.8 Å². The lowest BCUT2D eigenvalue weighted by Crippen LogP contribution is -2.35. The molecule has 1 amide bonds. The molecule has 1 aromatic carbocycles. The molecular weight excluding hydrogens is 280 g/mol. The summed E-state index contributed by atoms with van der Waals surface area (Å²) in [6.07, 6.45) is 0. The minimum atomic E-state index is -3.76. The van der Waals surface area contributed by atoms with Crippen LogP contribution in [0, 0.1) is 0 Å². The van der Waals surface area contributed by atoms with Crippen LogP contribution in [0.4, 0.5) is 5.69 Å². The van der Waals surface area contributed by atoms with Gasteiger partial charge in [0.1, 0.15) is 16.4 Å². The maximum atomic E-state index is 12.3. The van der Waals surface area contributed by atoms with E-state index in [0.29, 0.717) is 18.8 Å². The number of nitrogen functional groups attached to an aromatic ring is 1. The fourth-order valence-corrected chi connectivity index (χ4v) is 3.24. The number of amides is 1. The van der Waals surface area contributed by atoms with E-state index in [0.717, 1.165) is 0 Å². The summed E-state index contributed by atoms with van der Waals surface area (Å²) in [7, 11) is -2.39. The summed E-state index contributed by atoms with van der Waals surface area (Å²) in [5.74, 6) is -0.846. The number of methoxy groups -OCH3 is 1. The van der Waals surface area contributed by atoms with E-state index in [1.54, 1.807) is 13.8 Å². The summed E-state index contributed by atoms with van der Waals surface area (Å²) < 4.78 is 29.6. The number of benzene rings is 1. The van der Waals surface area contributed by atoms with Gasteiger partial charge in [0.25, 0.3) is 0 Å². The molecule has 0 heterocycles. The summed E-state index contributed by atoms with van der Waals surface area (Å²) in [5.41, 5.74) is 5.99. The topological polar surface area (TPSA) is 89.7 Å². The van der Waals surface area contributed by atoms with Crippen molar-refractivity contribution < 1.29 is 17.9 Å². The lowest BCUT2D eigenvalue weighted by Gasteiger charge is -2.19. The SMILES string of the molecule is CCN(CC)C(=O)CS(=O)(=O)c1ccc(N)cc1OC. The van der Waals surface area contributed by atoms with E-state index < -0.39 is 21.5 Å². The summed E-state index contributed by atoms with van der Waals surface area (Å²) in [6.45, 7) is 4.56. The predicted molar refractivity (Wildman–Crippen MR) is 77.4 cm³/mol.